The first-order chi connectivity index (χ1) is 7.69. The molecule has 0 bridgehead atoms. The van der Waals surface area contributed by atoms with Gasteiger partial charge >= 0.3 is 0 Å². The number of carbonyl (C=O) groups is 1. The number of ether oxygens (including phenoxy) is 1. The first kappa shape index (κ1) is 13.0. The van der Waals surface area contributed by atoms with Gasteiger partial charge < -0.3 is 4.74 Å². The SMILES string of the molecule is COCC(Sc1ccccc1F)C(=O)NN. The molecule has 16 heavy (non-hydrogen) atoms. The highest BCUT2D eigenvalue weighted by Gasteiger charge is 2.20. The van der Waals surface area contributed by atoms with Crippen LogP contribution in [0.2, 0.25) is 0 Å². The molecule has 3 N–H and O–H groups in total. The molecule has 0 saturated heterocycles. The molecule has 88 valence electrons. The lowest BCUT2D eigenvalue weighted by atomic mass is 10.3. The molecule has 0 aliphatic carbocycles. The number of amides is 1. The molecule has 1 unspecified atom stereocenters. The third-order valence-electron chi connectivity index (χ3n) is 1.86. The maximum absolute atomic E-state index is 13.3. The lowest BCUT2D eigenvalue weighted by Gasteiger charge is -2.13. The number of nitrogens with two attached hydrogens (primary N) is 1. The van der Waals surface area contributed by atoms with E-state index in [0.717, 1.165) is 11.8 Å². The van der Waals surface area contributed by atoms with Crippen molar-refractivity contribution in [3.05, 3.63) is 30.1 Å². The Labute approximate surface area is 97.3 Å². The van der Waals surface area contributed by atoms with Gasteiger partial charge in [0.25, 0.3) is 0 Å². The minimum atomic E-state index is -0.563. The van der Waals surface area contributed by atoms with E-state index in [1.54, 1.807) is 18.2 Å². The highest BCUT2D eigenvalue weighted by Crippen LogP contribution is 2.26. The minimum Gasteiger partial charge on any atom is -0.383 e. The van der Waals surface area contributed by atoms with Crippen LogP contribution in [0.5, 0.6) is 0 Å². The van der Waals surface area contributed by atoms with E-state index in [1.165, 1.54) is 13.2 Å². The molecule has 0 spiro atoms. The van der Waals surface area contributed by atoms with Crippen molar-refractivity contribution in [1.82, 2.24) is 5.43 Å². The highest BCUT2D eigenvalue weighted by atomic mass is 32.2. The molecule has 6 heteroatoms. The second kappa shape index (κ2) is 6.47. The van der Waals surface area contributed by atoms with Crippen LogP contribution in [-0.4, -0.2) is 24.9 Å². The Bertz CT molecular complexity index is 362. The van der Waals surface area contributed by atoms with Crippen LogP contribution in [-0.2, 0) is 9.53 Å². The van der Waals surface area contributed by atoms with Crippen LogP contribution in [0.1, 0.15) is 0 Å². The van der Waals surface area contributed by atoms with E-state index in [9.17, 15) is 9.18 Å². The van der Waals surface area contributed by atoms with Crippen LogP contribution < -0.4 is 11.3 Å². The zero-order valence-electron chi connectivity index (χ0n) is 8.77. The summed E-state index contributed by atoms with van der Waals surface area (Å²) in [5.74, 6) is 4.28. The van der Waals surface area contributed by atoms with Gasteiger partial charge in [0, 0.05) is 12.0 Å². The number of nitrogens with one attached hydrogen (secondary N) is 1. The smallest absolute Gasteiger partial charge is 0.249 e. The summed E-state index contributed by atoms with van der Waals surface area (Å²) in [4.78, 5) is 11.8. The first-order valence-electron chi connectivity index (χ1n) is 4.59. The summed E-state index contributed by atoms with van der Waals surface area (Å²) in [6.07, 6.45) is 0. The predicted molar refractivity (Wildman–Crippen MR) is 60.3 cm³/mol. The molecule has 1 amide bonds. The van der Waals surface area contributed by atoms with Crippen LogP contribution in [0.3, 0.4) is 0 Å². The number of hydrazine groups is 1. The normalized spacial score (nSPS) is 12.2. The van der Waals surface area contributed by atoms with E-state index >= 15 is 0 Å². The van der Waals surface area contributed by atoms with Crippen molar-refractivity contribution in [3.8, 4) is 0 Å². The van der Waals surface area contributed by atoms with Gasteiger partial charge in [-0.2, -0.15) is 0 Å². The number of hydrogen-bond donors (Lipinski definition) is 2. The zero-order valence-corrected chi connectivity index (χ0v) is 9.59. The monoisotopic (exact) mass is 244 g/mol. The van der Waals surface area contributed by atoms with E-state index in [1.807, 2.05) is 5.43 Å². The van der Waals surface area contributed by atoms with Gasteiger partial charge in [-0.15, -0.1) is 11.8 Å². The molecule has 0 saturated carbocycles. The van der Waals surface area contributed by atoms with Gasteiger partial charge in [0.15, 0.2) is 0 Å². The van der Waals surface area contributed by atoms with Gasteiger partial charge in [-0.3, -0.25) is 10.2 Å². The summed E-state index contributed by atoms with van der Waals surface area (Å²) in [6.45, 7) is 0.169. The topological polar surface area (TPSA) is 64.3 Å². The fourth-order valence-electron chi connectivity index (χ4n) is 1.10. The largest absolute Gasteiger partial charge is 0.383 e. The Hall–Kier alpha value is -1.11. The number of thioether (sulfide) groups is 1. The van der Waals surface area contributed by atoms with Gasteiger partial charge in [0.05, 0.1) is 6.61 Å². The summed E-state index contributed by atoms with van der Waals surface area (Å²) in [7, 11) is 1.47. The van der Waals surface area contributed by atoms with E-state index in [2.05, 4.69) is 0 Å². The molecule has 0 fully saturated rings. The Morgan fingerprint density at radius 3 is 2.88 bits per heavy atom. The average molecular weight is 244 g/mol. The van der Waals surface area contributed by atoms with Crippen molar-refractivity contribution in [2.75, 3.05) is 13.7 Å². The number of carbonyl (C=O) groups excluding carboxylic acids is 1. The van der Waals surface area contributed by atoms with Crippen LogP contribution in [0.25, 0.3) is 0 Å². The number of hydrogen-bond acceptors (Lipinski definition) is 4. The molecule has 0 aliphatic heterocycles. The number of benzene rings is 1. The van der Waals surface area contributed by atoms with Crippen LogP contribution >= 0.6 is 11.8 Å². The van der Waals surface area contributed by atoms with Gasteiger partial charge in [0.2, 0.25) is 5.91 Å². The highest BCUT2D eigenvalue weighted by molar-refractivity contribution is 8.00. The standard InChI is InChI=1S/C10H13FN2O2S/c1-15-6-9(10(14)13-12)16-8-5-3-2-4-7(8)11/h2-5,9H,6,12H2,1H3,(H,13,14). The quantitative estimate of drug-likeness (QED) is 0.350. The van der Waals surface area contributed by atoms with Crippen molar-refractivity contribution < 1.29 is 13.9 Å². The molecular weight excluding hydrogens is 231 g/mol. The molecule has 1 rings (SSSR count). The van der Waals surface area contributed by atoms with E-state index in [0.29, 0.717) is 4.90 Å². The number of rotatable bonds is 5. The third kappa shape index (κ3) is 3.48. The summed E-state index contributed by atoms with van der Waals surface area (Å²) < 4.78 is 18.2. The molecule has 4 nitrogen and oxygen atoms in total. The van der Waals surface area contributed by atoms with Gasteiger partial charge in [-0.05, 0) is 12.1 Å². The summed E-state index contributed by atoms with van der Waals surface area (Å²) >= 11 is 1.08. The van der Waals surface area contributed by atoms with Crippen molar-refractivity contribution in [2.45, 2.75) is 10.1 Å². The summed E-state index contributed by atoms with van der Waals surface area (Å²) in [5, 5.41) is -0.563. The van der Waals surface area contributed by atoms with Crippen molar-refractivity contribution in [3.63, 3.8) is 0 Å². The van der Waals surface area contributed by atoms with Crippen molar-refractivity contribution >= 4 is 17.7 Å². The molecule has 1 aromatic rings. The van der Waals surface area contributed by atoms with E-state index < -0.39 is 11.2 Å². The van der Waals surface area contributed by atoms with Crippen molar-refractivity contribution in [1.29, 1.82) is 0 Å². The molecule has 0 heterocycles. The van der Waals surface area contributed by atoms with Gasteiger partial charge in [-0.25, -0.2) is 10.2 Å². The maximum atomic E-state index is 13.3. The first-order valence-corrected chi connectivity index (χ1v) is 5.47. The van der Waals surface area contributed by atoms with Crippen LogP contribution in [0.4, 0.5) is 4.39 Å². The summed E-state index contributed by atoms with van der Waals surface area (Å²) in [5.41, 5.74) is 2.03. The van der Waals surface area contributed by atoms with Gasteiger partial charge in [0.1, 0.15) is 11.1 Å². The number of methoxy groups -OCH3 is 1. The van der Waals surface area contributed by atoms with Crippen LogP contribution in [0, 0.1) is 5.82 Å². The van der Waals surface area contributed by atoms with E-state index in [-0.39, 0.29) is 12.4 Å². The molecule has 1 aromatic carbocycles. The second-order valence-corrected chi connectivity index (χ2v) is 4.25. The fourth-order valence-corrected chi connectivity index (χ4v) is 2.12. The lowest BCUT2D eigenvalue weighted by Crippen LogP contribution is -2.39. The zero-order chi connectivity index (χ0) is 12.0. The molecule has 0 radical (unpaired) electrons. The number of halogens is 1. The van der Waals surface area contributed by atoms with Gasteiger partial charge in [-0.1, -0.05) is 12.1 Å². The van der Waals surface area contributed by atoms with Crippen molar-refractivity contribution in [2.24, 2.45) is 5.84 Å². The summed E-state index contributed by atoms with van der Waals surface area (Å²) in [6, 6.07) is 6.24. The Kier molecular flexibility index (Phi) is 5.24. The lowest BCUT2D eigenvalue weighted by molar-refractivity contribution is -0.121. The second-order valence-electron chi connectivity index (χ2n) is 3.00. The third-order valence-corrected chi connectivity index (χ3v) is 3.08. The maximum Gasteiger partial charge on any atom is 0.249 e. The fraction of sp³-hybridized carbons (Fsp3) is 0.300. The molecular formula is C10H13FN2O2S. The predicted octanol–water partition coefficient (Wildman–Crippen LogP) is 0.923. The van der Waals surface area contributed by atoms with E-state index in [4.69, 9.17) is 10.6 Å². The average Bonchev–Trinajstić information content (AvgIpc) is 2.30. The minimum absolute atomic E-state index is 0.169. The Morgan fingerprint density at radius 1 is 1.62 bits per heavy atom. The van der Waals surface area contributed by atoms with Crippen LogP contribution in [0.15, 0.2) is 29.2 Å². The molecule has 0 aliphatic rings. The molecule has 1 atom stereocenters. The Morgan fingerprint density at radius 2 is 2.31 bits per heavy atom. The Balaban J connectivity index is 2.75. The molecule has 0 aromatic heterocycles.